The fraction of sp³-hybridized carbons (Fsp3) is 0.200. The molecule has 0 saturated heterocycles. The second-order valence-corrected chi connectivity index (χ2v) is 4.61. The number of rotatable bonds is 3. The summed E-state index contributed by atoms with van der Waals surface area (Å²) in [7, 11) is 0. The molecule has 0 fully saturated rings. The zero-order chi connectivity index (χ0) is 14.0. The van der Waals surface area contributed by atoms with Crippen molar-refractivity contribution in [2.45, 2.75) is 20.0 Å². The van der Waals surface area contributed by atoms with Gasteiger partial charge in [0.15, 0.2) is 0 Å². The molecule has 2 rings (SSSR count). The number of aryl methyl sites for hydroxylation is 2. The fourth-order valence-electron chi connectivity index (χ4n) is 2.12. The van der Waals surface area contributed by atoms with Crippen LogP contribution in [0.4, 0.5) is 5.69 Å². The summed E-state index contributed by atoms with van der Waals surface area (Å²) in [5, 5.41) is 21.1. The Hall–Kier alpha value is -2.20. The highest BCUT2D eigenvalue weighted by Gasteiger charge is 2.15. The third kappa shape index (κ3) is 2.80. The Morgan fingerprint density at radius 2 is 1.89 bits per heavy atom. The maximum absolute atomic E-state index is 10.7. The Morgan fingerprint density at radius 3 is 2.53 bits per heavy atom. The highest BCUT2D eigenvalue weighted by atomic mass is 16.6. The molecule has 19 heavy (non-hydrogen) atoms. The number of nitro benzene ring substituents is 1. The predicted octanol–water partition coefficient (Wildman–Crippen LogP) is 3.29. The van der Waals surface area contributed by atoms with Crippen LogP contribution in [0.3, 0.4) is 0 Å². The van der Waals surface area contributed by atoms with E-state index in [-0.39, 0.29) is 5.69 Å². The Bertz CT molecular complexity index is 623. The minimum absolute atomic E-state index is 0.0127. The molecule has 0 aliphatic heterocycles. The van der Waals surface area contributed by atoms with Gasteiger partial charge in [-0.15, -0.1) is 0 Å². The van der Waals surface area contributed by atoms with Crippen molar-refractivity contribution in [2.24, 2.45) is 0 Å². The number of non-ortho nitro benzene ring substituents is 1. The molecule has 1 N–H and O–H groups in total. The van der Waals surface area contributed by atoms with E-state index in [4.69, 9.17) is 0 Å². The molecule has 98 valence electrons. The van der Waals surface area contributed by atoms with Crippen LogP contribution in [0.2, 0.25) is 0 Å². The van der Waals surface area contributed by atoms with Crippen LogP contribution in [-0.4, -0.2) is 10.0 Å². The highest BCUT2D eigenvalue weighted by molar-refractivity contribution is 5.41. The molecule has 0 aliphatic rings. The molecule has 0 bridgehead atoms. The van der Waals surface area contributed by atoms with Gasteiger partial charge in [0.05, 0.1) is 4.92 Å². The van der Waals surface area contributed by atoms with E-state index < -0.39 is 11.0 Å². The Labute approximate surface area is 111 Å². The van der Waals surface area contributed by atoms with Crippen LogP contribution in [-0.2, 0) is 0 Å². The van der Waals surface area contributed by atoms with Crippen molar-refractivity contribution in [2.75, 3.05) is 0 Å². The lowest BCUT2D eigenvalue weighted by molar-refractivity contribution is -0.385. The number of nitrogens with zero attached hydrogens (tertiary/aromatic N) is 1. The first-order chi connectivity index (χ1) is 8.99. The van der Waals surface area contributed by atoms with Gasteiger partial charge in [0.25, 0.3) is 5.69 Å². The van der Waals surface area contributed by atoms with E-state index in [0.29, 0.717) is 5.56 Å². The van der Waals surface area contributed by atoms with Crippen molar-refractivity contribution < 1.29 is 10.0 Å². The molecular formula is C15H15NO3. The van der Waals surface area contributed by atoms with Gasteiger partial charge in [-0.3, -0.25) is 10.1 Å². The fourth-order valence-corrected chi connectivity index (χ4v) is 2.12. The molecule has 0 unspecified atom stereocenters. The molecule has 1 atom stereocenters. The molecule has 2 aromatic rings. The number of hydrogen-bond acceptors (Lipinski definition) is 3. The van der Waals surface area contributed by atoms with Crippen LogP contribution >= 0.6 is 0 Å². The smallest absolute Gasteiger partial charge is 0.269 e. The van der Waals surface area contributed by atoms with Gasteiger partial charge in [-0.2, -0.15) is 0 Å². The SMILES string of the molecule is Cc1ccc([C@@H](O)c2cccc([N+](=O)[O-])c2)c(C)c1. The first-order valence-corrected chi connectivity index (χ1v) is 5.98. The third-order valence-electron chi connectivity index (χ3n) is 3.12. The van der Waals surface area contributed by atoms with Crippen molar-refractivity contribution in [1.29, 1.82) is 0 Å². The maximum atomic E-state index is 10.7. The normalized spacial score (nSPS) is 12.2. The minimum atomic E-state index is -0.847. The van der Waals surface area contributed by atoms with E-state index in [1.807, 2.05) is 32.0 Å². The Morgan fingerprint density at radius 1 is 1.16 bits per heavy atom. The van der Waals surface area contributed by atoms with Gasteiger partial charge in [0.2, 0.25) is 0 Å². The van der Waals surface area contributed by atoms with Crippen LogP contribution in [0.1, 0.15) is 28.4 Å². The van der Waals surface area contributed by atoms with Crippen LogP contribution in [0.15, 0.2) is 42.5 Å². The van der Waals surface area contributed by atoms with Crippen molar-refractivity contribution in [1.82, 2.24) is 0 Å². The van der Waals surface area contributed by atoms with Gasteiger partial charge < -0.3 is 5.11 Å². The average Bonchev–Trinajstić information content (AvgIpc) is 2.38. The average molecular weight is 257 g/mol. The summed E-state index contributed by atoms with van der Waals surface area (Å²) in [6.07, 6.45) is -0.847. The van der Waals surface area contributed by atoms with E-state index >= 15 is 0 Å². The molecule has 0 saturated carbocycles. The summed E-state index contributed by atoms with van der Waals surface area (Å²) < 4.78 is 0. The van der Waals surface area contributed by atoms with Gasteiger partial charge in [0, 0.05) is 12.1 Å². The Balaban J connectivity index is 2.41. The number of hydrogen-bond donors (Lipinski definition) is 1. The van der Waals surface area contributed by atoms with Gasteiger partial charge >= 0.3 is 0 Å². The molecule has 0 spiro atoms. The van der Waals surface area contributed by atoms with Crippen molar-refractivity contribution in [3.63, 3.8) is 0 Å². The highest BCUT2D eigenvalue weighted by Crippen LogP contribution is 2.27. The van der Waals surface area contributed by atoms with Gasteiger partial charge in [-0.25, -0.2) is 0 Å². The molecule has 0 amide bonds. The van der Waals surface area contributed by atoms with Crippen molar-refractivity contribution >= 4 is 5.69 Å². The molecule has 0 aromatic heterocycles. The molecule has 4 heteroatoms. The van der Waals surface area contributed by atoms with Crippen molar-refractivity contribution in [3.8, 4) is 0 Å². The summed E-state index contributed by atoms with van der Waals surface area (Å²) in [5.41, 5.74) is 3.38. The summed E-state index contributed by atoms with van der Waals surface area (Å²) in [6, 6.07) is 11.9. The van der Waals surface area contributed by atoms with E-state index in [1.165, 1.54) is 12.1 Å². The maximum Gasteiger partial charge on any atom is 0.269 e. The first-order valence-electron chi connectivity index (χ1n) is 5.98. The molecule has 0 heterocycles. The van der Waals surface area contributed by atoms with Crippen LogP contribution in [0.25, 0.3) is 0 Å². The van der Waals surface area contributed by atoms with E-state index in [2.05, 4.69) is 0 Å². The lowest BCUT2D eigenvalue weighted by Crippen LogP contribution is -2.03. The Kier molecular flexibility index (Phi) is 3.62. The largest absolute Gasteiger partial charge is 0.384 e. The van der Waals surface area contributed by atoms with Crippen LogP contribution in [0.5, 0.6) is 0 Å². The topological polar surface area (TPSA) is 63.4 Å². The van der Waals surface area contributed by atoms with E-state index in [9.17, 15) is 15.2 Å². The van der Waals surface area contributed by atoms with Crippen molar-refractivity contribution in [3.05, 3.63) is 74.8 Å². The third-order valence-corrected chi connectivity index (χ3v) is 3.12. The second-order valence-electron chi connectivity index (χ2n) is 4.61. The van der Waals surface area contributed by atoms with E-state index in [1.54, 1.807) is 12.1 Å². The zero-order valence-corrected chi connectivity index (χ0v) is 10.8. The lowest BCUT2D eigenvalue weighted by Gasteiger charge is -2.14. The number of aliphatic hydroxyl groups is 1. The summed E-state index contributed by atoms with van der Waals surface area (Å²) in [5.74, 6) is 0. The number of aliphatic hydroxyl groups excluding tert-OH is 1. The molecule has 0 aliphatic carbocycles. The predicted molar refractivity (Wildman–Crippen MR) is 73.1 cm³/mol. The summed E-state index contributed by atoms with van der Waals surface area (Å²) in [4.78, 5) is 10.3. The molecule has 0 radical (unpaired) electrons. The zero-order valence-electron chi connectivity index (χ0n) is 10.8. The minimum Gasteiger partial charge on any atom is -0.384 e. The standard InChI is InChI=1S/C15H15NO3/c1-10-6-7-14(11(2)8-10)15(17)12-4-3-5-13(9-12)16(18)19/h3-9,15,17H,1-2H3/t15-/m0/s1. The first kappa shape index (κ1) is 13.2. The van der Waals surface area contributed by atoms with Crippen LogP contribution in [0, 0.1) is 24.0 Å². The molecule has 4 nitrogen and oxygen atoms in total. The molecular weight excluding hydrogens is 242 g/mol. The van der Waals surface area contributed by atoms with Crippen LogP contribution < -0.4 is 0 Å². The second kappa shape index (κ2) is 5.20. The van der Waals surface area contributed by atoms with Gasteiger partial charge in [0.1, 0.15) is 6.10 Å². The molecule has 2 aromatic carbocycles. The number of benzene rings is 2. The monoisotopic (exact) mass is 257 g/mol. The summed E-state index contributed by atoms with van der Waals surface area (Å²) >= 11 is 0. The van der Waals surface area contributed by atoms with E-state index in [0.717, 1.165) is 16.7 Å². The lowest BCUT2D eigenvalue weighted by atomic mass is 9.96. The van der Waals surface area contributed by atoms with Gasteiger partial charge in [-0.1, -0.05) is 35.9 Å². The van der Waals surface area contributed by atoms with Gasteiger partial charge in [-0.05, 0) is 30.5 Å². The summed E-state index contributed by atoms with van der Waals surface area (Å²) in [6.45, 7) is 3.90. The quantitative estimate of drug-likeness (QED) is 0.677. The number of nitro groups is 1.